The molecule has 0 aromatic rings. The van der Waals surface area contributed by atoms with Crippen LogP contribution in [0.1, 0.15) is 47.0 Å². The van der Waals surface area contributed by atoms with Crippen molar-refractivity contribution in [3.63, 3.8) is 0 Å². The molecule has 0 saturated heterocycles. The van der Waals surface area contributed by atoms with Crippen molar-refractivity contribution in [2.45, 2.75) is 53.0 Å². The number of nitrogens with one attached hydrogen (secondary N) is 1. The van der Waals surface area contributed by atoms with Crippen LogP contribution in [0.25, 0.3) is 0 Å². The van der Waals surface area contributed by atoms with Crippen LogP contribution in [0.2, 0.25) is 0 Å². The minimum absolute atomic E-state index is 0.235. The Morgan fingerprint density at radius 1 is 0.889 bits per heavy atom. The van der Waals surface area contributed by atoms with Crippen LogP contribution in [0.15, 0.2) is 0 Å². The standard InChI is InChI=1S/C15H34N2O/c1-13(2)6-9-17(10-7-14(3)4)11-8-15(12-18)16-5/h13-16,18H,6-12H2,1-5H3. The fourth-order valence-corrected chi connectivity index (χ4v) is 1.88. The van der Waals surface area contributed by atoms with E-state index in [1.54, 1.807) is 0 Å². The molecule has 18 heavy (non-hydrogen) atoms. The van der Waals surface area contributed by atoms with E-state index in [1.165, 1.54) is 25.9 Å². The quantitative estimate of drug-likeness (QED) is 0.597. The lowest BCUT2D eigenvalue weighted by molar-refractivity contribution is 0.199. The highest BCUT2D eigenvalue weighted by Crippen LogP contribution is 2.07. The maximum atomic E-state index is 9.19. The molecular formula is C15H34N2O. The Bertz CT molecular complexity index is 167. The average molecular weight is 258 g/mol. The largest absolute Gasteiger partial charge is 0.395 e. The molecule has 3 heteroatoms. The topological polar surface area (TPSA) is 35.5 Å². The van der Waals surface area contributed by atoms with Gasteiger partial charge in [0.2, 0.25) is 0 Å². The van der Waals surface area contributed by atoms with Gasteiger partial charge in [0.05, 0.1) is 6.61 Å². The molecule has 1 unspecified atom stereocenters. The van der Waals surface area contributed by atoms with Gasteiger partial charge in [0, 0.05) is 6.04 Å². The average Bonchev–Trinajstić information content (AvgIpc) is 2.32. The maximum absolute atomic E-state index is 9.19. The van der Waals surface area contributed by atoms with E-state index in [4.69, 9.17) is 0 Å². The molecule has 0 fully saturated rings. The summed E-state index contributed by atoms with van der Waals surface area (Å²) in [6, 6.07) is 0.241. The predicted molar refractivity (Wildman–Crippen MR) is 79.9 cm³/mol. The van der Waals surface area contributed by atoms with E-state index in [-0.39, 0.29) is 12.6 Å². The van der Waals surface area contributed by atoms with Crippen molar-refractivity contribution in [2.24, 2.45) is 11.8 Å². The van der Waals surface area contributed by atoms with E-state index in [0.29, 0.717) is 0 Å². The summed E-state index contributed by atoms with van der Waals surface area (Å²) in [5.41, 5.74) is 0. The second-order valence-electron chi connectivity index (χ2n) is 6.16. The Morgan fingerprint density at radius 3 is 1.67 bits per heavy atom. The zero-order valence-corrected chi connectivity index (χ0v) is 13.1. The molecule has 110 valence electrons. The van der Waals surface area contributed by atoms with Gasteiger partial charge in [0.1, 0.15) is 0 Å². The molecule has 0 bridgehead atoms. The number of likely N-dealkylation sites (N-methyl/N-ethyl adjacent to an activating group) is 1. The van der Waals surface area contributed by atoms with E-state index in [9.17, 15) is 5.11 Å². The van der Waals surface area contributed by atoms with Crippen molar-refractivity contribution >= 4 is 0 Å². The fraction of sp³-hybridized carbons (Fsp3) is 1.00. The van der Waals surface area contributed by atoms with Crippen LogP contribution in [0, 0.1) is 11.8 Å². The summed E-state index contributed by atoms with van der Waals surface area (Å²) in [7, 11) is 1.92. The van der Waals surface area contributed by atoms with Gasteiger partial charge in [-0.15, -0.1) is 0 Å². The molecule has 1 atom stereocenters. The van der Waals surface area contributed by atoms with Gasteiger partial charge < -0.3 is 15.3 Å². The Balaban J connectivity index is 4.02. The Labute approximate surface area is 114 Å². The molecule has 0 saturated carbocycles. The fourth-order valence-electron chi connectivity index (χ4n) is 1.88. The summed E-state index contributed by atoms with van der Waals surface area (Å²) in [6.45, 7) is 12.8. The molecule has 0 radical (unpaired) electrons. The third-order valence-electron chi connectivity index (χ3n) is 3.47. The van der Waals surface area contributed by atoms with Crippen LogP contribution in [0.5, 0.6) is 0 Å². The summed E-state index contributed by atoms with van der Waals surface area (Å²) >= 11 is 0. The highest BCUT2D eigenvalue weighted by Gasteiger charge is 2.10. The van der Waals surface area contributed by atoms with Crippen molar-refractivity contribution in [1.82, 2.24) is 10.2 Å². The Morgan fingerprint density at radius 2 is 1.33 bits per heavy atom. The van der Waals surface area contributed by atoms with E-state index in [1.807, 2.05) is 7.05 Å². The third kappa shape index (κ3) is 9.86. The summed E-state index contributed by atoms with van der Waals surface area (Å²) < 4.78 is 0. The molecule has 0 rings (SSSR count). The molecule has 0 aliphatic carbocycles. The normalized spacial score (nSPS) is 13.8. The lowest BCUT2D eigenvalue weighted by Crippen LogP contribution is -2.36. The lowest BCUT2D eigenvalue weighted by atomic mass is 10.1. The minimum atomic E-state index is 0.235. The van der Waals surface area contributed by atoms with Crippen molar-refractivity contribution in [3.05, 3.63) is 0 Å². The van der Waals surface area contributed by atoms with Gasteiger partial charge in [-0.25, -0.2) is 0 Å². The molecule has 0 amide bonds. The van der Waals surface area contributed by atoms with Gasteiger partial charge in [-0.1, -0.05) is 27.7 Å². The predicted octanol–water partition coefficient (Wildman–Crippen LogP) is 2.35. The van der Waals surface area contributed by atoms with Crippen LogP contribution >= 0.6 is 0 Å². The van der Waals surface area contributed by atoms with Crippen molar-refractivity contribution in [1.29, 1.82) is 0 Å². The number of hydrogen-bond acceptors (Lipinski definition) is 3. The molecule has 0 aromatic heterocycles. The second kappa shape index (κ2) is 10.8. The number of nitrogens with zero attached hydrogens (tertiary/aromatic N) is 1. The molecule has 2 N–H and O–H groups in total. The van der Waals surface area contributed by atoms with Crippen molar-refractivity contribution in [2.75, 3.05) is 33.3 Å². The van der Waals surface area contributed by atoms with E-state index < -0.39 is 0 Å². The molecule has 0 aliphatic heterocycles. The summed E-state index contributed by atoms with van der Waals surface area (Å²) in [5, 5.41) is 12.4. The molecule has 0 spiro atoms. The maximum Gasteiger partial charge on any atom is 0.0585 e. The highest BCUT2D eigenvalue weighted by atomic mass is 16.3. The highest BCUT2D eigenvalue weighted by molar-refractivity contribution is 4.68. The van der Waals surface area contributed by atoms with E-state index >= 15 is 0 Å². The number of rotatable bonds is 11. The minimum Gasteiger partial charge on any atom is -0.395 e. The number of hydrogen-bond donors (Lipinski definition) is 2. The lowest BCUT2D eigenvalue weighted by Gasteiger charge is -2.26. The summed E-state index contributed by atoms with van der Waals surface area (Å²) in [6.07, 6.45) is 3.56. The third-order valence-corrected chi connectivity index (χ3v) is 3.47. The summed E-state index contributed by atoms with van der Waals surface area (Å²) in [5.74, 6) is 1.54. The molecule has 0 aliphatic rings. The van der Waals surface area contributed by atoms with Crippen LogP contribution < -0.4 is 5.32 Å². The van der Waals surface area contributed by atoms with Gasteiger partial charge in [-0.2, -0.15) is 0 Å². The smallest absolute Gasteiger partial charge is 0.0585 e. The van der Waals surface area contributed by atoms with Crippen LogP contribution in [-0.4, -0.2) is 49.3 Å². The molecule has 0 aromatic carbocycles. The van der Waals surface area contributed by atoms with Crippen LogP contribution in [-0.2, 0) is 0 Å². The van der Waals surface area contributed by atoms with Crippen molar-refractivity contribution in [3.8, 4) is 0 Å². The van der Waals surface area contributed by atoms with Crippen LogP contribution in [0.3, 0.4) is 0 Å². The molecular weight excluding hydrogens is 224 g/mol. The Hall–Kier alpha value is -0.120. The van der Waals surface area contributed by atoms with Gasteiger partial charge in [-0.3, -0.25) is 0 Å². The first-order valence-corrected chi connectivity index (χ1v) is 7.50. The molecule has 3 nitrogen and oxygen atoms in total. The van der Waals surface area contributed by atoms with Crippen molar-refractivity contribution < 1.29 is 5.11 Å². The van der Waals surface area contributed by atoms with Crippen LogP contribution in [0.4, 0.5) is 0 Å². The van der Waals surface area contributed by atoms with Gasteiger partial charge in [-0.05, 0) is 57.8 Å². The number of aliphatic hydroxyl groups is 1. The molecule has 0 heterocycles. The number of aliphatic hydroxyl groups excluding tert-OH is 1. The SMILES string of the molecule is CNC(CO)CCN(CCC(C)C)CCC(C)C. The zero-order valence-electron chi connectivity index (χ0n) is 13.1. The second-order valence-corrected chi connectivity index (χ2v) is 6.16. The first-order chi connectivity index (χ1) is 8.49. The first-order valence-electron chi connectivity index (χ1n) is 7.50. The van der Waals surface area contributed by atoms with Gasteiger partial charge in [0.25, 0.3) is 0 Å². The Kier molecular flexibility index (Phi) is 10.7. The van der Waals surface area contributed by atoms with E-state index in [0.717, 1.165) is 24.8 Å². The van der Waals surface area contributed by atoms with Gasteiger partial charge in [0.15, 0.2) is 0 Å². The summed E-state index contributed by atoms with van der Waals surface area (Å²) in [4.78, 5) is 2.56. The monoisotopic (exact) mass is 258 g/mol. The van der Waals surface area contributed by atoms with Gasteiger partial charge >= 0.3 is 0 Å². The van der Waals surface area contributed by atoms with E-state index in [2.05, 4.69) is 37.9 Å². The first kappa shape index (κ1) is 17.9. The zero-order chi connectivity index (χ0) is 14.0.